The van der Waals surface area contributed by atoms with E-state index in [9.17, 15) is 9.18 Å². The van der Waals surface area contributed by atoms with Crippen LogP contribution in [0.2, 0.25) is 0 Å². The van der Waals surface area contributed by atoms with E-state index in [1.54, 1.807) is 37.4 Å². The van der Waals surface area contributed by atoms with Crippen molar-refractivity contribution in [1.82, 2.24) is 0 Å². The molecule has 0 aliphatic rings. The maximum absolute atomic E-state index is 12.9. The molecular formula is C22H21FN2O3. The van der Waals surface area contributed by atoms with Crippen molar-refractivity contribution in [1.29, 1.82) is 0 Å². The van der Waals surface area contributed by atoms with Crippen molar-refractivity contribution in [3.8, 4) is 11.5 Å². The summed E-state index contributed by atoms with van der Waals surface area (Å²) in [7, 11) is 3.07. The molecule has 0 heterocycles. The molecule has 3 aromatic carbocycles. The van der Waals surface area contributed by atoms with Gasteiger partial charge in [0.1, 0.15) is 5.82 Å². The van der Waals surface area contributed by atoms with Crippen LogP contribution >= 0.6 is 0 Å². The van der Waals surface area contributed by atoms with Crippen LogP contribution in [0.25, 0.3) is 0 Å². The highest BCUT2D eigenvalue weighted by Crippen LogP contribution is 2.28. The normalized spacial score (nSPS) is 10.2. The summed E-state index contributed by atoms with van der Waals surface area (Å²) in [5, 5.41) is 6.10. The first-order valence-corrected chi connectivity index (χ1v) is 8.71. The fourth-order valence-corrected chi connectivity index (χ4v) is 2.66. The van der Waals surface area contributed by atoms with Gasteiger partial charge in [0.2, 0.25) is 0 Å². The summed E-state index contributed by atoms with van der Waals surface area (Å²) >= 11 is 0. The third-order valence-electron chi connectivity index (χ3n) is 4.20. The number of carbonyl (C=O) groups excluding carboxylic acids is 1. The van der Waals surface area contributed by atoms with Gasteiger partial charge in [-0.1, -0.05) is 12.1 Å². The van der Waals surface area contributed by atoms with Crippen LogP contribution in [0.1, 0.15) is 15.9 Å². The minimum absolute atomic E-state index is 0.243. The predicted octanol–water partition coefficient (Wildman–Crippen LogP) is 4.71. The Hall–Kier alpha value is -3.54. The van der Waals surface area contributed by atoms with Gasteiger partial charge in [0.05, 0.1) is 14.2 Å². The Balaban J connectivity index is 1.60. The van der Waals surface area contributed by atoms with Crippen LogP contribution in [-0.4, -0.2) is 20.1 Å². The van der Waals surface area contributed by atoms with Crippen molar-refractivity contribution in [2.75, 3.05) is 24.9 Å². The Labute approximate surface area is 163 Å². The van der Waals surface area contributed by atoms with E-state index >= 15 is 0 Å². The molecule has 3 rings (SSSR count). The third-order valence-corrected chi connectivity index (χ3v) is 4.20. The average Bonchev–Trinajstić information content (AvgIpc) is 2.73. The lowest BCUT2D eigenvalue weighted by atomic mass is 10.1. The molecule has 0 spiro atoms. The van der Waals surface area contributed by atoms with Crippen LogP contribution in [0.15, 0.2) is 66.7 Å². The first-order valence-electron chi connectivity index (χ1n) is 8.71. The van der Waals surface area contributed by atoms with Gasteiger partial charge in [-0.3, -0.25) is 4.79 Å². The molecule has 0 atom stereocenters. The molecule has 0 aliphatic heterocycles. The maximum atomic E-state index is 12.9. The first-order chi connectivity index (χ1) is 13.6. The Bertz CT molecular complexity index is 941. The van der Waals surface area contributed by atoms with Gasteiger partial charge < -0.3 is 20.1 Å². The van der Waals surface area contributed by atoms with Gasteiger partial charge in [0.25, 0.3) is 5.91 Å². The number of hydrogen-bond acceptors (Lipinski definition) is 4. The molecule has 6 heteroatoms. The summed E-state index contributed by atoms with van der Waals surface area (Å²) < 4.78 is 23.3. The molecule has 144 valence electrons. The SMILES string of the molecule is COc1ccc(C(=O)Nc2ccc(NCc3ccc(F)cc3)cc2)cc1OC. The topological polar surface area (TPSA) is 59.6 Å². The van der Waals surface area contributed by atoms with Crippen LogP contribution in [0.3, 0.4) is 0 Å². The quantitative estimate of drug-likeness (QED) is 0.623. The van der Waals surface area contributed by atoms with Gasteiger partial charge in [0, 0.05) is 23.5 Å². The highest BCUT2D eigenvalue weighted by molar-refractivity contribution is 6.04. The molecule has 5 nitrogen and oxygen atoms in total. The highest BCUT2D eigenvalue weighted by Gasteiger charge is 2.11. The number of ether oxygens (including phenoxy) is 2. The van der Waals surface area contributed by atoms with Crippen molar-refractivity contribution in [2.24, 2.45) is 0 Å². The van der Waals surface area contributed by atoms with Crippen molar-refractivity contribution in [3.05, 3.63) is 83.7 Å². The van der Waals surface area contributed by atoms with Gasteiger partial charge in [-0.05, 0) is 60.2 Å². The molecule has 0 bridgehead atoms. The summed E-state index contributed by atoms with van der Waals surface area (Å²) in [4.78, 5) is 12.5. The summed E-state index contributed by atoms with van der Waals surface area (Å²) in [6, 6.07) is 18.7. The molecule has 3 aromatic rings. The lowest BCUT2D eigenvalue weighted by molar-refractivity contribution is 0.102. The Morgan fingerprint density at radius 1 is 0.857 bits per heavy atom. The minimum Gasteiger partial charge on any atom is -0.493 e. The molecular weight excluding hydrogens is 359 g/mol. The lowest BCUT2D eigenvalue weighted by Gasteiger charge is -2.11. The Morgan fingerprint density at radius 2 is 1.50 bits per heavy atom. The number of amides is 1. The molecule has 0 fully saturated rings. The second-order valence-corrected chi connectivity index (χ2v) is 6.08. The van der Waals surface area contributed by atoms with Gasteiger partial charge >= 0.3 is 0 Å². The van der Waals surface area contributed by atoms with E-state index in [1.165, 1.54) is 19.2 Å². The number of hydrogen-bond donors (Lipinski definition) is 2. The van der Waals surface area contributed by atoms with Crippen molar-refractivity contribution >= 4 is 17.3 Å². The number of nitrogens with one attached hydrogen (secondary N) is 2. The van der Waals surface area contributed by atoms with Crippen LogP contribution < -0.4 is 20.1 Å². The third kappa shape index (κ3) is 4.79. The van der Waals surface area contributed by atoms with E-state index < -0.39 is 0 Å². The van der Waals surface area contributed by atoms with Gasteiger partial charge in [-0.25, -0.2) is 4.39 Å². The number of rotatable bonds is 7. The Morgan fingerprint density at radius 3 is 2.14 bits per heavy atom. The summed E-state index contributed by atoms with van der Waals surface area (Å²) in [5.74, 6) is 0.567. The van der Waals surface area contributed by atoms with E-state index in [-0.39, 0.29) is 11.7 Å². The highest BCUT2D eigenvalue weighted by atomic mass is 19.1. The van der Waals surface area contributed by atoms with Gasteiger partial charge in [0.15, 0.2) is 11.5 Å². The van der Waals surface area contributed by atoms with Crippen LogP contribution in [0.5, 0.6) is 11.5 Å². The molecule has 0 aliphatic carbocycles. The lowest BCUT2D eigenvalue weighted by Crippen LogP contribution is -2.12. The zero-order valence-corrected chi connectivity index (χ0v) is 15.7. The standard InChI is InChI=1S/C22H21FN2O3/c1-27-20-12-5-16(13-21(20)28-2)22(26)25-19-10-8-18(9-11-19)24-14-15-3-6-17(23)7-4-15/h3-13,24H,14H2,1-2H3,(H,25,26). The molecule has 0 saturated heterocycles. The minimum atomic E-state index is -0.252. The van der Waals surface area contributed by atoms with Crippen molar-refractivity contribution in [2.45, 2.75) is 6.54 Å². The smallest absolute Gasteiger partial charge is 0.255 e. The largest absolute Gasteiger partial charge is 0.493 e. The zero-order valence-electron chi connectivity index (χ0n) is 15.7. The van der Waals surface area contributed by atoms with Crippen LogP contribution in [0, 0.1) is 5.82 Å². The fourth-order valence-electron chi connectivity index (χ4n) is 2.66. The number of halogens is 1. The maximum Gasteiger partial charge on any atom is 0.255 e. The molecule has 2 N–H and O–H groups in total. The van der Waals surface area contributed by atoms with E-state index in [4.69, 9.17) is 9.47 Å². The molecule has 0 unspecified atom stereocenters. The predicted molar refractivity (Wildman–Crippen MR) is 108 cm³/mol. The summed E-state index contributed by atoms with van der Waals surface area (Å²) in [6.45, 7) is 0.581. The average molecular weight is 380 g/mol. The van der Waals surface area contributed by atoms with Crippen LogP contribution in [-0.2, 0) is 6.54 Å². The van der Waals surface area contributed by atoms with Crippen molar-refractivity contribution < 1.29 is 18.7 Å². The number of benzene rings is 3. The molecule has 0 saturated carbocycles. The second kappa shape index (κ2) is 8.90. The van der Waals surface area contributed by atoms with E-state index in [0.29, 0.717) is 29.3 Å². The summed E-state index contributed by atoms with van der Waals surface area (Å²) in [6.07, 6.45) is 0. The number of anilines is 2. The van der Waals surface area contributed by atoms with E-state index in [0.717, 1.165) is 11.3 Å². The van der Waals surface area contributed by atoms with Gasteiger partial charge in [-0.2, -0.15) is 0 Å². The monoisotopic (exact) mass is 380 g/mol. The fraction of sp³-hybridized carbons (Fsp3) is 0.136. The molecule has 0 radical (unpaired) electrons. The zero-order chi connectivity index (χ0) is 19.9. The summed E-state index contributed by atoms with van der Waals surface area (Å²) in [5.41, 5.74) is 3.02. The number of methoxy groups -OCH3 is 2. The first kappa shape index (κ1) is 19.2. The Kier molecular flexibility index (Phi) is 6.11. The second-order valence-electron chi connectivity index (χ2n) is 6.08. The molecule has 28 heavy (non-hydrogen) atoms. The van der Waals surface area contributed by atoms with Crippen molar-refractivity contribution in [3.63, 3.8) is 0 Å². The van der Waals surface area contributed by atoms with E-state index in [2.05, 4.69) is 10.6 Å². The number of carbonyl (C=O) groups is 1. The van der Waals surface area contributed by atoms with Crippen LogP contribution in [0.4, 0.5) is 15.8 Å². The van der Waals surface area contributed by atoms with Gasteiger partial charge in [-0.15, -0.1) is 0 Å². The molecule has 1 amide bonds. The molecule has 0 aromatic heterocycles. The van der Waals surface area contributed by atoms with E-state index in [1.807, 2.05) is 24.3 Å².